The molecule has 0 spiro atoms. The molecule has 3 nitrogen and oxygen atoms in total. The molecule has 0 radical (unpaired) electrons. The Morgan fingerprint density at radius 3 is 2.76 bits per heavy atom. The van der Waals surface area contributed by atoms with Crippen molar-refractivity contribution in [1.82, 2.24) is 4.90 Å². The van der Waals surface area contributed by atoms with Crippen LogP contribution in [0.5, 0.6) is 5.75 Å². The molecule has 1 atom stereocenters. The average Bonchev–Trinajstić information content (AvgIpc) is 2.25. The summed E-state index contributed by atoms with van der Waals surface area (Å²) in [6.45, 7) is 2.30. The first-order chi connectivity index (χ1) is 7.91. The van der Waals surface area contributed by atoms with Gasteiger partial charge in [-0.25, -0.2) is 4.39 Å². The number of nitrogens with zero attached hydrogens (tertiary/aromatic N) is 1. The molecule has 0 saturated carbocycles. The van der Waals surface area contributed by atoms with Gasteiger partial charge in [0.1, 0.15) is 11.6 Å². The maximum atomic E-state index is 13.4. The first-order valence-electron chi connectivity index (χ1n) is 5.30. The van der Waals surface area contributed by atoms with Gasteiger partial charge < -0.3 is 10.0 Å². The fourth-order valence-electron chi connectivity index (χ4n) is 1.36. The van der Waals surface area contributed by atoms with Gasteiger partial charge >= 0.3 is 0 Å². The Kier molecular flexibility index (Phi) is 4.75. The maximum Gasteiger partial charge on any atom is 0.256 e. The van der Waals surface area contributed by atoms with Crippen molar-refractivity contribution in [2.75, 3.05) is 13.6 Å². The summed E-state index contributed by atoms with van der Waals surface area (Å²) in [5.41, 5.74) is -0.0486. The number of hydrogen-bond acceptors (Lipinski definition) is 2. The number of aromatic hydroxyl groups is 1. The molecule has 1 aromatic carbocycles. The summed E-state index contributed by atoms with van der Waals surface area (Å²) >= 11 is 5.78. The number of rotatable bonds is 4. The van der Waals surface area contributed by atoms with Crippen molar-refractivity contribution in [2.45, 2.75) is 18.7 Å². The van der Waals surface area contributed by atoms with Gasteiger partial charge in [0.05, 0.1) is 5.56 Å². The normalized spacial score (nSPS) is 12.2. The number of carbonyl (C=O) groups excluding carboxylic acids is 1. The molecule has 1 amide bonds. The Hall–Kier alpha value is -1.29. The van der Waals surface area contributed by atoms with Crippen LogP contribution in [0.2, 0.25) is 0 Å². The highest BCUT2D eigenvalue weighted by Crippen LogP contribution is 2.16. The molecule has 94 valence electrons. The van der Waals surface area contributed by atoms with E-state index >= 15 is 0 Å². The van der Waals surface area contributed by atoms with Crippen LogP contribution in [-0.4, -0.2) is 34.9 Å². The molecule has 0 aromatic heterocycles. The summed E-state index contributed by atoms with van der Waals surface area (Å²) in [4.78, 5) is 13.3. The zero-order chi connectivity index (χ0) is 13.0. The number of phenols is 1. The fourth-order valence-corrected chi connectivity index (χ4v) is 1.45. The third-order valence-electron chi connectivity index (χ3n) is 2.39. The predicted octanol–water partition coefficient (Wildman–Crippen LogP) is 2.62. The zero-order valence-electron chi connectivity index (χ0n) is 9.78. The number of halogens is 2. The number of hydrogen-bond donors (Lipinski definition) is 1. The van der Waals surface area contributed by atoms with Crippen LogP contribution in [0, 0.1) is 5.82 Å². The fraction of sp³-hybridized carbons (Fsp3) is 0.417. The Morgan fingerprint density at radius 2 is 2.24 bits per heavy atom. The summed E-state index contributed by atoms with van der Waals surface area (Å²) in [5.74, 6) is -1.34. The third kappa shape index (κ3) is 3.89. The van der Waals surface area contributed by atoms with Crippen LogP contribution < -0.4 is 0 Å². The third-order valence-corrected chi connectivity index (χ3v) is 2.61. The van der Waals surface area contributed by atoms with Crippen molar-refractivity contribution >= 4 is 17.5 Å². The summed E-state index contributed by atoms with van der Waals surface area (Å²) in [6, 6.07) is 3.48. The molecule has 1 unspecified atom stereocenters. The smallest absolute Gasteiger partial charge is 0.256 e. The quantitative estimate of drug-likeness (QED) is 0.845. The van der Waals surface area contributed by atoms with E-state index < -0.39 is 11.7 Å². The van der Waals surface area contributed by atoms with Crippen LogP contribution in [0.3, 0.4) is 0 Å². The maximum absolute atomic E-state index is 13.4. The first-order valence-corrected chi connectivity index (χ1v) is 5.73. The standard InChI is InChI=1S/C12H15ClFNO2/c1-8(13)5-6-15(2)12(17)10-4-3-9(16)7-11(10)14/h3-4,7-8,16H,5-6H2,1-2H3. The highest BCUT2D eigenvalue weighted by Gasteiger charge is 2.16. The van der Waals surface area contributed by atoms with Gasteiger partial charge in [-0.1, -0.05) is 0 Å². The molecule has 0 aliphatic carbocycles. The van der Waals surface area contributed by atoms with Gasteiger partial charge in [0.2, 0.25) is 0 Å². The Labute approximate surface area is 105 Å². The Balaban J connectivity index is 2.75. The second-order valence-electron chi connectivity index (χ2n) is 3.96. The van der Waals surface area contributed by atoms with Crippen molar-refractivity contribution in [3.05, 3.63) is 29.6 Å². The van der Waals surface area contributed by atoms with Gasteiger partial charge in [-0.2, -0.15) is 0 Å². The van der Waals surface area contributed by atoms with E-state index in [2.05, 4.69) is 0 Å². The molecule has 0 bridgehead atoms. The molecule has 0 fully saturated rings. The number of alkyl halides is 1. The highest BCUT2D eigenvalue weighted by atomic mass is 35.5. The number of phenolic OH excluding ortho intramolecular Hbond substituents is 1. The van der Waals surface area contributed by atoms with Gasteiger partial charge in [-0.15, -0.1) is 11.6 Å². The van der Waals surface area contributed by atoms with Crippen molar-refractivity contribution in [3.8, 4) is 5.75 Å². The molecule has 1 rings (SSSR count). The van der Waals surface area contributed by atoms with Crippen molar-refractivity contribution in [3.63, 3.8) is 0 Å². The van der Waals surface area contributed by atoms with E-state index in [0.717, 1.165) is 6.07 Å². The topological polar surface area (TPSA) is 40.5 Å². The van der Waals surface area contributed by atoms with Crippen LogP contribution in [-0.2, 0) is 0 Å². The molecular formula is C12H15ClFNO2. The van der Waals surface area contributed by atoms with Crippen LogP contribution in [0.25, 0.3) is 0 Å². The lowest BCUT2D eigenvalue weighted by Gasteiger charge is -2.18. The Bertz CT molecular complexity index is 409. The largest absolute Gasteiger partial charge is 0.508 e. The van der Waals surface area contributed by atoms with Crippen molar-refractivity contribution < 1.29 is 14.3 Å². The second-order valence-corrected chi connectivity index (χ2v) is 4.71. The molecule has 0 heterocycles. The molecule has 0 aliphatic rings. The number of benzene rings is 1. The van der Waals surface area contributed by atoms with Crippen molar-refractivity contribution in [1.29, 1.82) is 0 Å². The lowest BCUT2D eigenvalue weighted by Crippen LogP contribution is -2.29. The minimum atomic E-state index is -0.722. The van der Waals surface area contributed by atoms with E-state index in [1.54, 1.807) is 7.05 Å². The highest BCUT2D eigenvalue weighted by molar-refractivity contribution is 6.20. The molecule has 1 N–H and O–H groups in total. The lowest BCUT2D eigenvalue weighted by atomic mass is 10.1. The minimum absolute atomic E-state index is 0.0325. The SMILES string of the molecule is CC(Cl)CCN(C)C(=O)c1ccc(O)cc1F. The lowest BCUT2D eigenvalue weighted by molar-refractivity contribution is 0.0789. The van der Waals surface area contributed by atoms with Gasteiger partial charge in [-0.3, -0.25) is 4.79 Å². The average molecular weight is 260 g/mol. The second kappa shape index (κ2) is 5.87. The van der Waals surface area contributed by atoms with Crippen LogP contribution in [0.1, 0.15) is 23.7 Å². The summed E-state index contributed by atoms with van der Waals surface area (Å²) in [7, 11) is 1.59. The van der Waals surface area contributed by atoms with E-state index in [0.29, 0.717) is 13.0 Å². The van der Waals surface area contributed by atoms with Gasteiger partial charge in [0.25, 0.3) is 5.91 Å². The van der Waals surface area contributed by atoms with E-state index in [1.807, 2.05) is 6.92 Å². The first kappa shape index (κ1) is 13.8. The van der Waals surface area contributed by atoms with Gasteiger partial charge in [0, 0.05) is 25.0 Å². The predicted molar refractivity (Wildman–Crippen MR) is 65.0 cm³/mol. The molecular weight excluding hydrogens is 245 g/mol. The van der Waals surface area contributed by atoms with E-state index in [1.165, 1.54) is 17.0 Å². The van der Waals surface area contributed by atoms with E-state index in [-0.39, 0.29) is 16.7 Å². The van der Waals surface area contributed by atoms with Crippen LogP contribution in [0.4, 0.5) is 4.39 Å². The molecule has 0 aliphatic heterocycles. The minimum Gasteiger partial charge on any atom is -0.508 e. The van der Waals surface area contributed by atoms with E-state index in [9.17, 15) is 9.18 Å². The Morgan fingerprint density at radius 1 is 1.59 bits per heavy atom. The monoisotopic (exact) mass is 259 g/mol. The number of amides is 1. The number of carbonyl (C=O) groups is 1. The van der Waals surface area contributed by atoms with Gasteiger partial charge in [-0.05, 0) is 25.5 Å². The zero-order valence-corrected chi connectivity index (χ0v) is 10.5. The molecule has 0 saturated heterocycles. The van der Waals surface area contributed by atoms with E-state index in [4.69, 9.17) is 16.7 Å². The summed E-state index contributed by atoms with van der Waals surface area (Å²) in [6.07, 6.45) is 0.642. The van der Waals surface area contributed by atoms with Gasteiger partial charge in [0.15, 0.2) is 0 Å². The molecule has 1 aromatic rings. The summed E-state index contributed by atoms with van der Waals surface area (Å²) < 4.78 is 13.4. The van der Waals surface area contributed by atoms with Crippen LogP contribution >= 0.6 is 11.6 Å². The van der Waals surface area contributed by atoms with Crippen LogP contribution in [0.15, 0.2) is 18.2 Å². The summed E-state index contributed by atoms with van der Waals surface area (Å²) in [5, 5.41) is 9.02. The molecule has 17 heavy (non-hydrogen) atoms. The molecule has 5 heteroatoms. The van der Waals surface area contributed by atoms with Crippen molar-refractivity contribution in [2.24, 2.45) is 0 Å².